The highest BCUT2D eigenvalue weighted by molar-refractivity contribution is 9.08. The van der Waals surface area contributed by atoms with Gasteiger partial charge in [0.25, 0.3) is 0 Å². The highest BCUT2D eigenvalue weighted by Crippen LogP contribution is 2.27. The van der Waals surface area contributed by atoms with Crippen molar-refractivity contribution < 1.29 is 4.74 Å². The number of ether oxygens (including phenoxy) is 1. The number of para-hydroxylation sites is 1. The van der Waals surface area contributed by atoms with E-state index in [1.807, 2.05) is 18.2 Å². The van der Waals surface area contributed by atoms with Gasteiger partial charge in [0.15, 0.2) is 0 Å². The molecule has 0 amide bonds. The second-order valence-electron chi connectivity index (χ2n) is 5.61. The molecule has 0 saturated heterocycles. The van der Waals surface area contributed by atoms with Gasteiger partial charge in [-0.25, -0.2) is 0 Å². The number of halogens is 1. The maximum absolute atomic E-state index is 5.91. The second kappa shape index (κ2) is 7.12. The quantitative estimate of drug-likeness (QED) is 0.721. The lowest BCUT2D eigenvalue weighted by atomic mass is 9.96. The van der Waals surface area contributed by atoms with Crippen LogP contribution in [0.3, 0.4) is 0 Å². The molecule has 0 spiro atoms. The molecule has 0 bridgehead atoms. The maximum Gasteiger partial charge on any atom is 0.132 e. The minimum absolute atomic E-state index is 0.531. The van der Waals surface area contributed by atoms with E-state index in [1.54, 1.807) is 0 Å². The molecule has 1 aromatic carbocycles. The summed E-state index contributed by atoms with van der Waals surface area (Å²) < 4.78 is 8.04. The average Bonchev–Trinajstić information content (AvgIpc) is 3.03. The third-order valence-corrected chi connectivity index (χ3v) is 4.71. The summed E-state index contributed by atoms with van der Waals surface area (Å²) in [7, 11) is 0. The molecule has 1 saturated carbocycles. The highest BCUT2D eigenvalue weighted by Gasteiger charge is 2.16. The van der Waals surface area contributed by atoms with Crippen molar-refractivity contribution in [2.45, 2.75) is 50.1 Å². The predicted octanol–water partition coefficient (Wildman–Crippen LogP) is 4.86. The first-order valence-electron chi connectivity index (χ1n) is 7.67. The molecule has 3 nitrogen and oxygen atoms in total. The highest BCUT2D eigenvalue weighted by atomic mass is 79.9. The van der Waals surface area contributed by atoms with Crippen LogP contribution >= 0.6 is 15.9 Å². The summed E-state index contributed by atoms with van der Waals surface area (Å²) in [5.41, 5.74) is 2.18. The van der Waals surface area contributed by atoms with Gasteiger partial charge in [0.2, 0.25) is 0 Å². The molecule has 4 heteroatoms. The third kappa shape index (κ3) is 3.67. The van der Waals surface area contributed by atoms with Gasteiger partial charge in [-0.1, -0.05) is 53.4 Å². The van der Waals surface area contributed by atoms with E-state index in [4.69, 9.17) is 4.74 Å². The van der Waals surface area contributed by atoms with Crippen molar-refractivity contribution in [1.82, 2.24) is 9.78 Å². The SMILES string of the molecule is BrCc1ccccc1OCc1ccn(C2CCCCC2)n1. The molecule has 0 radical (unpaired) electrons. The summed E-state index contributed by atoms with van der Waals surface area (Å²) in [4.78, 5) is 0. The second-order valence-corrected chi connectivity index (χ2v) is 6.17. The molecular formula is C17H21BrN2O. The van der Waals surface area contributed by atoms with Crippen LogP contribution in [0.4, 0.5) is 0 Å². The van der Waals surface area contributed by atoms with Gasteiger partial charge < -0.3 is 4.74 Å². The lowest BCUT2D eigenvalue weighted by Crippen LogP contribution is -2.13. The van der Waals surface area contributed by atoms with Crippen molar-refractivity contribution in [3.8, 4) is 5.75 Å². The summed E-state index contributed by atoms with van der Waals surface area (Å²) in [6, 6.07) is 10.8. The Kier molecular flexibility index (Phi) is 4.96. The van der Waals surface area contributed by atoms with Crippen LogP contribution in [0.5, 0.6) is 5.75 Å². The van der Waals surface area contributed by atoms with Gasteiger partial charge in [-0.15, -0.1) is 0 Å². The van der Waals surface area contributed by atoms with Crippen LogP contribution in [-0.2, 0) is 11.9 Å². The number of benzene rings is 1. The Hall–Kier alpha value is -1.29. The predicted molar refractivity (Wildman–Crippen MR) is 87.8 cm³/mol. The number of hydrogen-bond acceptors (Lipinski definition) is 2. The molecule has 1 heterocycles. The van der Waals surface area contributed by atoms with E-state index < -0.39 is 0 Å². The lowest BCUT2D eigenvalue weighted by molar-refractivity contribution is 0.289. The summed E-state index contributed by atoms with van der Waals surface area (Å²) >= 11 is 3.49. The zero-order valence-electron chi connectivity index (χ0n) is 12.2. The Morgan fingerprint density at radius 1 is 1.14 bits per heavy atom. The first-order chi connectivity index (χ1) is 10.4. The first kappa shape index (κ1) is 14.6. The molecule has 1 fully saturated rings. The Labute approximate surface area is 134 Å². The molecule has 0 aliphatic heterocycles. The van der Waals surface area contributed by atoms with Crippen LogP contribution in [0.25, 0.3) is 0 Å². The number of hydrogen-bond donors (Lipinski definition) is 0. The summed E-state index contributed by atoms with van der Waals surface area (Å²) in [6.07, 6.45) is 8.65. The van der Waals surface area contributed by atoms with Crippen LogP contribution in [0.2, 0.25) is 0 Å². The monoisotopic (exact) mass is 348 g/mol. The molecule has 1 aromatic heterocycles. The van der Waals surface area contributed by atoms with E-state index in [2.05, 4.69) is 44.0 Å². The first-order valence-corrected chi connectivity index (χ1v) is 8.79. The van der Waals surface area contributed by atoms with Gasteiger partial charge in [-0.3, -0.25) is 4.68 Å². The number of alkyl halides is 1. The topological polar surface area (TPSA) is 27.1 Å². The van der Waals surface area contributed by atoms with Crippen molar-refractivity contribution in [3.05, 3.63) is 47.8 Å². The summed E-state index contributed by atoms with van der Waals surface area (Å²) in [6.45, 7) is 0.531. The van der Waals surface area contributed by atoms with Gasteiger partial charge in [0.05, 0.1) is 11.7 Å². The molecule has 21 heavy (non-hydrogen) atoms. The fourth-order valence-electron chi connectivity index (χ4n) is 2.91. The van der Waals surface area contributed by atoms with Gasteiger partial charge in [-0.05, 0) is 25.0 Å². The van der Waals surface area contributed by atoms with Crippen molar-refractivity contribution >= 4 is 15.9 Å². The Morgan fingerprint density at radius 2 is 1.95 bits per heavy atom. The Balaban J connectivity index is 1.62. The number of aromatic nitrogens is 2. The maximum atomic E-state index is 5.91. The van der Waals surface area contributed by atoms with Crippen LogP contribution < -0.4 is 4.74 Å². The van der Waals surface area contributed by atoms with E-state index in [-0.39, 0.29) is 0 Å². The minimum Gasteiger partial charge on any atom is -0.487 e. The average molecular weight is 349 g/mol. The van der Waals surface area contributed by atoms with Crippen molar-refractivity contribution in [1.29, 1.82) is 0 Å². The van der Waals surface area contributed by atoms with Gasteiger partial charge in [0, 0.05) is 17.1 Å². The molecule has 2 aromatic rings. The fourth-order valence-corrected chi connectivity index (χ4v) is 3.37. The van der Waals surface area contributed by atoms with Crippen LogP contribution in [0.15, 0.2) is 36.5 Å². The molecule has 1 aliphatic rings. The van der Waals surface area contributed by atoms with Crippen LogP contribution in [0.1, 0.15) is 49.4 Å². The molecule has 0 N–H and O–H groups in total. The molecular weight excluding hydrogens is 328 g/mol. The molecule has 112 valence electrons. The number of rotatable bonds is 5. The van der Waals surface area contributed by atoms with Crippen molar-refractivity contribution in [3.63, 3.8) is 0 Å². The zero-order valence-corrected chi connectivity index (χ0v) is 13.8. The van der Waals surface area contributed by atoms with Gasteiger partial charge in [-0.2, -0.15) is 5.10 Å². The van der Waals surface area contributed by atoms with Crippen LogP contribution in [0, 0.1) is 0 Å². The lowest BCUT2D eigenvalue weighted by Gasteiger charge is -2.21. The summed E-state index contributed by atoms with van der Waals surface area (Å²) in [5.74, 6) is 0.932. The van der Waals surface area contributed by atoms with Gasteiger partial charge in [0.1, 0.15) is 12.4 Å². The van der Waals surface area contributed by atoms with E-state index in [1.165, 1.54) is 37.7 Å². The standard InChI is InChI=1S/C17H21BrN2O/c18-12-14-6-4-5-9-17(14)21-13-15-10-11-20(19-15)16-7-2-1-3-8-16/h4-6,9-11,16H,1-3,7-8,12-13H2. The van der Waals surface area contributed by atoms with E-state index in [9.17, 15) is 0 Å². The van der Waals surface area contributed by atoms with E-state index in [0.717, 1.165) is 16.8 Å². The van der Waals surface area contributed by atoms with Crippen LogP contribution in [-0.4, -0.2) is 9.78 Å². The van der Waals surface area contributed by atoms with E-state index in [0.29, 0.717) is 12.6 Å². The van der Waals surface area contributed by atoms with E-state index >= 15 is 0 Å². The normalized spacial score (nSPS) is 16.0. The molecule has 0 unspecified atom stereocenters. The summed E-state index contributed by atoms with van der Waals surface area (Å²) in [5, 5.41) is 5.49. The minimum atomic E-state index is 0.531. The smallest absolute Gasteiger partial charge is 0.132 e. The number of nitrogens with zero attached hydrogens (tertiary/aromatic N) is 2. The molecule has 3 rings (SSSR count). The Bertz CT molecular complexity index is 576. The van der Waals surface area contributed by atoms with Crippen molar-refractivity contribution in [2.75, 3.05) is 0 Å². The zero-order chi connectivity index (χ0) is 14.5. The largest absolute Gasteiger partial charge is 0.487 e. The van der Waals surface area contributed by atoms with Gasteiger partial charge >= 0.3 is 0 Å². The fraction of sp³-hybridized carbons (Fsp3) is 0.471. The third-order valence-electron chi connectivity index (χ3n) is 4.10. The Morgan fingerprint density at radius 3 is 2.76 bits per heavy atom. The molecule has 0 atom stereocenters. The molecule has 1 aliphatic carbocycles. The van der Waals surface area contributed by atoms with Crippen molar-refractivity contribution in [2.24, 2.45) is 0 Å².